The molecule has 0 spiro atoms. The lowest BCUT2D eigenvalue weighted by Crippen LogP contribution is -2.59. The zero-order valence-corrected chi connectivity index (χ0v) is 16.6. The van der Waals surface area contributed by atoms with Gasteiger partial charge in [-0.2, -0.15) is 0 Å². The average Bonchev–Trinajstić information content (AvgIpc) is 2.12. The van der Waals surface area contributed by atoms with E-state index in [0.717, 1.165) is 13.7 Å². The first kappa shape index (κ1) is 17.4. The van der Waals surface area contributed by atoms with Crippen molar-refractivity contribution < 1.29 is 0 Å². The van der Waals surface area contributed by atoms with Crippen LogP contribution in [0.1, 0.15) is 20.8 Å². The molecule has 0 N–H and O–H groups in total. The van der Waals surface area contributed by atoms with Gasteiger partial charge in [-0.15, -0.1) is 0 Å². The van der Waals surface area contributed by atoms with E-state index in [1.54, 1.807) is 20.8 Å². The molecule has 0 aliphatic rings. The second kappa shape index (κ2) is 5.61. The highest BCUT2D eigenvalue weighted by atomic mass is 79.9. The molecule has 0 radical (unpaired) electrons. The third-order valence-electron chi connectivity index (χ3n) is 2.33. The van der Waals surface area contributed by atoms with E-state index in [1.807, 2.05) is 0 Å². The van der Waals surface area contributed by atoms with Crippen LogP contribution in [0.25, 0.3) is 0 Å². The van der Waals surface area contributed by atoms with Crippen molar-refractivity contribution in [3.8, 4) is 0 Å². The molecule has 0 unspecified atom stereocenters. The highest BCUT2D eigenvalue weighted by Crippen LogP contribution is 2.30. The third kappa shape index (κ3) is 3.33. The Hall–Kier alpha value is 0.330. The monoisotopic (exact) mass is 525 g/mol. The van der Waals surface area contributed by atoms with Crippen molar-refractivity contribution in [2.75, 3.05) is 0 Å². The third-order valence-corrected chi connectivity index (χ3v) is 3.75. The van der Waals surface area contributed by atoms with E-state index in [2.05, 4.69) is 63.7 Å². The second-order valence-corrected chi connectivity index (χ2v) is 12.3. The second-order valence-electron chi connectivity index (χ2n) is 3.95. The molecular weight excluding hydrogens is 518 g/mol. The highest BCUT2D eigenvalue weighted by Gasteiger charge is 2.31. The van der Waals surface area contributed by atoms with Gasteiger partial charge in [0.05, 0.1) is 0 Å². The molecule has 1 rings (SSSR count). The summed E-state index contributed by atoms with van der Waals surface area (Å²) in [6.45, 7) is 4.96. The quantitative estimate of drug-likeness (QED) is 0.564. The largest absolute Gasteiger partial charge is 0.340 e. The minimum atomic E-state index is -1.09. The van der Waals surface area contributed by atoms with Gasteiger partial charge in [0.1, 0.15) is 0 Å². The van der Waals surface area contributed by atoms with Crippen LogP contribution in [0.15, 0.2) is 14.4 Å². The van der Waals surface area contributed by atoms with Crippen molar-refractivity contribution in [2.24, 2.45) is 0 Å². The lowest BCUT2D eigenvalue weighted by Gasteiger charge is -2.24. The molecule has 0 amide bonds. The van der Waals surface area contributed by atoms with E-state index in [0.29, 0.717) is 0 Å². The first-order valence-electron chi connectivity index (χ1n) is 5.18. The Kier molecular flexibility index (Phi) is 5.13. The summed E-state index contributed by atoms with van der Waals surface area (Å²) in [4.78, 5) is 36.7. The van der Waals surface area contributed by atoms with Crippen molar-refractivity contribution >= 4 is 63.7 Å². The molecule has 0 aromatic carbocycles. The van der Waals surface area contributed by atoms with Gasteiger partial charge in [-0.25, -0.2) is 28.1 Å². The molecule has 1 heterocycles. The number of alkyl halides is 4. The molecule has 0 saturated heterocycles. The Balaban J connectivity index is 4.07. The van der Waals surface area contributed by atoms with E-state index < -0.39 is 23.8 Å². The summed E-state index contributed by atoms with van der Waals surface area (Å²) < 4.78 is 0.623. The van der Waals surface area contributed by atoms with Crippen LogP contribution in [-0.4, -0.2) is 13.7 Å². The van der Waals surface area contributed by atoms with Crippen LogP contribution in [-0.2, 0) is 13.3 Å². The van der Waals surface area contributed by atoms with E-state index in [9.17, 15) is 14.4 Å². The van der Waals surface area contributed by atoms with Crippen LogP contribution >= 0.6 is 63.7 Å². The number of hydrogen-bond acceptors (Lipinski definition) is 3. The molecule has 0 aliphatic heterocycles. The molecular formula is C9H11Br4N3O3. The van der Waals surface area contributed by atoms with Crippen molar-refractivity contribution in [1.82, 2.24) is 13.7 Å². The summed E-state index contributed by atoms with van der Waals surface area (Å²) in [5, 5.41) is 0. The summed E-state index contributed by atoms with van der Waals surface area (Å²) in [5.41, 5.74) is -2.12. The van der Waals surface area contributed by atoms with Crippen molar-refractivity contribution in [3.63, 3.8) is 0 Å². The Morgan fingerprint density at radius 1 is 0.842 bits per heavy atom. The summed E-state index contributed by atoms with van der Waals surface area (Å²) >= 11 is 12.8. The predicted octanol–water partition coefficient (Wildman–Crippen LogP) is 2.03. The molecule has 0 fully saturated rings. The summed E-state index contributed by atoms with van der Waals surface area (Å²) in [6.07, 6.45) is 0. The van der Waals surface area contributed by atoms with Crippen LogP contribution in [0.2, 0.25) is 0 Å². The number of hydrogen-bond donors (Lipinski definition) is 0. The highest BCUT2D eigenvalue weighted by molar-refractivity contribution is 9.25. The Morgan fingerprint density at radius 3 is 1.37 bits per heavy atom. The van der Waals surface area contributed by atoms with E-state index in [1.165, 1.54) is 0 Å². The van der Waals surface area contributed by atoms with Gasteiger partial charge in [-0.3, -0.25) is 0 Å². The van der Waals surface area contributed by atoms with Crippen molar-refractivity contribution in [3.05, 3.63) is 31.5 Å². The first-order chi connectivity index (χ1) is 8.42. The van der Waals surface area contributed by atoms with Crippen LogP contribution in [0.4, 0.5) is 0 Å². The fourth-order valence-corrected chi connectivity index (χ4v) is 2.74. The SMILES string of the molecule is CCn1c(=O)n(C(C)(Br)Br)c(=O)n(C(C)(Br)Br)c1=O. The van der Waals surface area contributed by atoms with Gasteiger partial charge in [-0.1, -0.05) is 0 Å². The van der Waals surface area contributed by atoms with Gasteiger partial charge < -0.3 is 0 Å². The van der Waals surface area contributed by atoms with Crippen molar-refractivity contribution in [2.45, 2.75) is 34.0 Å². The van der Waals surface area contributed by atoms with Gasteiger partial charge in [0, 0.05) is 6.54 Å². The van der Waals surface area contributed by atoms with Gasteiger partial charge >= 0.3 is 17.1 Å². The molecule has 6 nitrogen and oxygen atoms in total. The number of halogens is 4. The van der Waals surface area contributed by atoms with Crippen LogP contribution in [0, 0.1) is 0 Å². The number of nitrogens with zero attached hydrogens (tertiary/aromatic N) is 3. The molecule has 108 valence electrons. The average molecular weight is 529 g/mol. The van der Waals surface area contributed by atoms with E-state index in [4.69, 9.17) is 0 Å². The van der Waals surface area contributed by atoms with Gasteiger partial charge in [0.15, 0.2) is 6.71 Å². The fraction of sp³-hybridized carbons (Fsp3) is 0.667. The maximum Gasteiger partial charge on any atom is 0.340 e. The maximum absolute atomic E-state index is 12.4. The fourth-order valence-electron chi connectivity index (χ4n) is 1.53. The Morgan fingerprint density at radius 2 is 1.16 bits per heavy atom. The topological polar surface area (TPSA) is 66.0 Å². The van der Waals surface area contributed by atoms with Gasteiger partial charge in [0.2, 0.25) is 0 Å². The smallest absolute Gasteiger partial charge is 0.247 e. The van der Waals surface area contributed by atoms with E-state index in [-0.39, 0.29) is 6.54 Å². The first-order valence-corrected chi connectivity index (χ1v) is 8.35. The number of rotatable bonds is 3. The summed E-state index contributed by atoms with van der Waals surface area (Å²) in [7, 11) is 0. The summed E-state index contributed by atoms with van der Waals surface area (Å²) in [6, 6.07) is 0. The maximum atomic E-state index is 12.4. The molecule has 19 heavy (non-hydrogen) atoms. The van der Waals surface area contributed by atoms with Crippen LogP contribution in [0.3, 0.4) is 0 Å². The standard InChI is InChI=1S/C9H11Br4N3O3/c1-4-14-5(17)15(8(2,10)11)7(19)16(6(14)18)9(3,12)13/h4H2,1-3H3. The Labute approximate surface area is 142 Å². The molecule has 0 atom stereocenters. The van der Waals surface area contributed by atoms with Crippen molar-refractivity contribution in [1.29, 1.82) is 0 Å². The molecule has 10 heteroatoms. The lowest BCUT2D eigenvalue weighted by molar-refractivity contribution is 0.448. The minimum absolute atomic E-state index is 0.157. The molecule has 0 bridgehead atoms. The van der Waals surface area contributed by atoms with Crippen LogP contribution in [0.5, 0.6) is 0 Å². The lowest BCUT2D eigenvalue weighted by atomic mass is 10.6. The molecule has 1 aromatic heterocycles. The van der Waals surface area contributed by atoms with Gasteiger partial charge in [0.25, 0.3) is 0 Å². The normalized spacial score (nSPS) is 12.8. The zero-order chi connectivity index (χ0) is 15.2. The van der Waals surface area contributed by atoms with Crippen LogP contribution < -0.4 is 17.1 Å². The zero-order valence-electron chi connectivity index (χ0n) is 10.3. The Bertz CT molecular complexity index is 607. The molecule has 0 saturated carbocycles. The van der Waals surface area contributed by atoms with E-state index >= 15 is 0 Å². The summed E-state index contributed by atoms with van der Waals surface area (Å²) in [5.74, 6) is 0. The van der Waals surface area contributed by atoms with Gasteiger partial charge in [-0.05, 0) is 84.5 Å². The molecule has 1 aromatic rings. The predicted molar refractivity (Wildman–Crippen MR) is 87.9 cm³/mol. The minimum Gasteiger partial charge on any atom is -0.247 e. The number of aromatic nitrogens is 3. The molecule has 0 aliphatic carbocycles.